The Morgan fingerprint density at radius 1 is 1.15 bits per heavy atom. The third kappa shape index (κ3) is 4.63. The number of anilines is 1. The molecule has 27 heavy (non-hydrogen) atoms. The van der Waals surface area contributed by atoms with E-state index in [1.165, 1.54) is 30.6 Å². The van der Waals surface area contributed by atoms with E-state index in [9.17, 15) is 14.5 Å². The van der Waals surface area contributed by atoms with Gasteiger partial charge in [-0.05, 0) is 24.3 Å². The van der Waals surface area contributed by atoms with Crippen molar-refractivity contribution in [3.63, 3.8) is 0 Å². The van der Waals surface area contributed by atoms with Gasteiger partial charge in [0.2, 0.25) is 5.82 Å². The lowest BCUT2D eigenvalue weighted by atomic mass is 10.2. The second-order valence-electron chi connectivity index (χ2n) is 5.42. The van der Waals surface area contributed by atoms with Crippen molar-refractivity contribution in [2.45, 2.75) is 6.61 Å². The van der Waals surface area contributed by atoms with E-state index in [1.54, 1.807) is 42.5 Å². The average Bonchev–Trinajstić information content (AvgIpc) is 2.68. The molecule has 0 atom stereocenters. The lowest BCUT2D eigenvalue weighted by Crippen LogP contribution is -2.02. The number of aromatic nitrogens is 1. The zero-order chi connectivity index (χ0) is 19.1. The highest BCUT2D eigenvalue weighted by Gasteiger charge is 2.13. The van der Waals surface area contributed by atoms with Gasteiger partial charge in [0.25, 0.3) is 0 Å². The van der Waals surface area contributed by atoms with Crippen LogP contribution >= 0.6 is 0 Å². The molecule has 2 aromatic carbocycles. The molecule has 7 nitrogen and oxygen atoms in total. The van der Waals surface area contributed by atoms with E-state index in [2.05, 4.69) is 15.5 Å². The molecule has 0 fully saturated rings. The highest BCUT2D eigenvalue weighted by atomic mass is 19.1. The number of nitrogens with zero attached hydrogens (tertiary/aromatic N) is 3. The fourth-order valence-corrected chi connectivity index (χ4v) is 2.28. The van der Waals surface area contributed by atoms with E-state index in [1.807, 2.05) is 0 Å². The lowest BCUT2D eigenvalue weighted by Gasteiger charge is -2.09. The summed E-state index contributed by atoms with van der Waals surface area (Å²) >= 11 is 0. The Labute approximate surface area is 154 Å². The van der Waals surface area contributed by atoms with Gasteiger partial charge in [-0.3, -0.25) is 15.5 Å². The molecule has 8 heteroatoms. The zero-order valence-corrected chi connectivity index (χ0v) is 14.1. The van der Waals surface area contributed by atoms with E-state index in [0.29, 0.717) is 16.9 Å². The van der Waals surface area contributed by atoms with Gasteiger partial charge in [0.1, 0.15) is 18.2 Å². The van der Waals surface area contributed by atoms with Gasteiger partial charge in [-0.25, -0.2) is 9.37 Å². The molecule has 0 spiro atoms. The van der Waals surface area contributed by atoms with Gasteiger partial charge >= 0.3 is 5.69 Å². The smallest absolute Gasteiger partial charge is 0.313 e. The summed E-state index contributed by atoms with van der Waals surface area (Å²) in [5.74, 6) is 0.193. The summed E-state index contributed by atoms with van der Waals surface area (Å²) in [4.78, 5) is 14.3. The van der Waals surface area contributed by atoms with Crippen molar-refractivity contribution in [3.8, 4) is 5.75 Å². The predicted octanol–water partition coefficient (Wildman–Crippen LogP) is 4.15. The molecule has 0 saturated heterocycles. The van der Waals surface area contributed by atoms with Gasteiger partial charge in [0, 0.05) is 23.4 Å². The summed E-state index contributed by atoms with van der Waals surface area (Å²) in [7, 11) is 0. The molecule has 0 aliphatic heterocycles. The van der Waals surface area contributed by atoms with Crippen LogP contribution in [0.15, 0.2) is 72.0 Å². The number of pyridine rings is 1. The van der Waals surface area contributed by atoms with Gasteiger partial charge in [-0.2, -0.15) is 5.10 Å². The topological polar surface area (TPSA) is 89.7 Å². The standard InChI is InChI=1S/C19H15FN4O3/c20-16-8-3-1-7-15(16)13-27-18-10-4-2-6-14(18)12-22-23-19-17(24(25)26)9-5-11-21-19/h1-12H,13H2,(H,21,23)/b22-12-. The number of para-hydroxylation sites is 1. The Bertz CT molecular complexity index is 978. The zero-order valence-electron chi connectivity index (χ0n) is 14.1. The minimum absolute atomic E-state index is 0.0310. The Morgan fingerprint density at radius 2 is 1.93 bits per heavy atom. The molecule has 1 heterocycles. The molecule has 3 rings (SSSR count). The molecule has 0 aliphatic rings. The third-order valence-electron chi connectivity index (χ3n) is 3.62. The Kier molecular flexibility index (Phi) is 5.68. The van der Waals surface area contributed by atoms with Crippen LogP contribution in [0.4, 0.5) is 15.9 Å². The number of benzene rings is 2. The van der Waals surface area contributed by atoms with Gasteiger partial charge in [0.05, 0.1) is 11.1 Å². The van der Waals surface area contributed by atoms with Gasteiger partial charge in [0.15, 0.2) is 0 Å². The molecule has 3 aromatic rings. The number of halogens is 1. The minimum atomic E-state index is -0.545. The van der Waals surface area contributed by atoms with Crippen molar-refractivity contribution in [2.24, 2.45) is 5.10 Å². The summed E-state index contributed by atoms with van der Waals surface area (Å²) in [5.41, 5.74) is 3.43. The SMILES string of the molecule is O=[N+]([O-])c1cccnc1N/N=C\c1ccccc1OCc1ccccc1F. The first-order valence-electron chi connectivity index (χ1n) is 7.99. The molecule has 0 saturated carbocycles. The van der Waals surface area contributed by atoms with E-state index < -0.39 is 4.92 Å². The molecular weight excluding hydrogens is 351 g/mol. The van der Waals surface area contributed by atoms with Crippen molar-refractivity contribution < 1.29 is 14.1 Å². The van der Waals surface area contributed by atoms with Crippen LogP contribution in [0, 0.1) is 15.9 Å². The van der Waals surface area contributed by atoms with Crippen LogP contribution in [0.25, 0.3) is 0 Å². The maximum atomic E-state index is 13.7. The predicted molar refractivity (Wildman–Crippen MR) is 99.3 cm³/mol. The molecule has 0 radical (unpaired) electrons. The second-order valence-corrected chi connectivity index (χ2v) is 5.42. The number of nitrogens with one attached hydrogen (secondary N) is 1. The molecule has 1 N–H and O–H groups in total. The van der Waals surface area contributed by atoms with Crippen LogP contribution in [-0.2, 0) is 6.61 Å². The first kappa shape index (κ1) is 18.0. The Morgan fingerprint density at radius 3 is 2.74 bits per heavy atom. The number of ether oxygens (including phenoxy) is 1. The summed E-state index contributed by atoms with van der Waals surface area (Å²) < 4.78 is 19.4. The van der Waals surface area contributed by atoms with Crippen molar-refractivity contribution in [1.82, 2.24) is 4.98 Å². The van der Waals surface area contributed by atoms with E-state index >= 15 is 0 Å². The van der Waals surface area contributed by atoms with Crippen LogP contribution in [0.1, 0.15) is 11.1 Å². The normalized spacial score (nSPS) is 10.7. The number of hydrogen-bond donors (Lipinski definition) is 1. The average molecular weight is 366 g/mol. The number of hydrazone groups is 1. The minimum Gasteiger partial charge on any atom is -0.488 e. The molecular formula is C19H15FN4O3. The summed E-state index contributed by atoms with van der Waals surface area (Å²) in [5, 5.41) is 15.0. The molecule has 136 valence electrons. The number of rotatable bonds is 7. The Balaban J connectivity index is 1.72. The van der Waals surface area contributed by atoms with Gasteiger partial charge < -0.3 is 4.74 Å². The van der Waals surface area contributed by atoms with E-state index in [-0.39, 0.29) is 23.9 Å². The highest BCUT2D eigenvalue weighted by Crippen LogP contribution is 2.21. The summed E-state index contributed by atoms with van der Waals surface area (Å²) in [6.45, 7) is 0.0661. The van der Waals surface area contributed by atoms with Gasteiger partial charge in [-0.15, -0.1) is 0 Å². The molecule has 0 bridgehead atoms. The maximum absolute atomic E-state index is 13.7. The monoisotopic (exact) mass is 366 g/mol. The molecule has 0 unspecified atom stereocenters. The Hall–Kier alpha value is -3.81. The second kappa shape index (κ2) is 8.52. The maximum Gasteiger partial charge on any atom is 0.313 e. The van der Waals surface area contributed by atoms with Crippen LogP contribution in [0.5, 0.6) is 5.75 Å². The van der Waals surface area contributed by atoms with Gasteiger partial charge in [-0.1, -0.05) is 30.3 Å². The largest absolute Gasteiger partial charge is 0.488 e. The quantitative estimate of drug-likeness (QED) is 0.385. The first-order valence-corrected chi connectivity index (χ1v) is 7.99. The number of hydrogen-bond acceptors (Lipinski definition) is 6. The number of nitro groups is 1. The fraction of sp³-hybridized carbons (Fsp3) is 0.0526. The lowest BCUT2D eigenvalue weighted by molar-refractivity contribution is -0.384. The molecule has 1 aromatic heterocycles. The van der Waals surface area contributed by atoms with Crippen LogP contribution < -0.4 is 10.2 Å². The molecule has 0 amide bonds. The first-order chi connectivity index (χ1) is 13.1. The van der Waals surface area contributed by atoms with Crippen LogP contribution in [-0.4, -0.2) is 16.1 Å². The van der Waals surface area contributed by atoms with E-state index in [0.717, 1.165) is 0 Å². The molecule has 0 aliphatic carbocycles. The van der Waals surface area contributed by atoms with Crippen LogP contribution in [0.3, 0.4) is 0 Å². The van der Waals surface area contributed by atoms with Crippen molar-refractivity contribution in [1.29, 1.82) is 0 Å². The highest BCUT2D eigenvalue weighted by molar-refractivity contribution is 5.84. The van der Waals surface area contributed by atoms with Crippen molar-refractivity contribution >= 4 is 17.7 Å². The summed E-state index contributed by atoms with van der Waals surface area (Å²) in [6.07, 6.45) is 2.88. The van der Waals surface area contributed by atoms with Crippen LogP contribution in [0.2, 0.25) is 0 Å². The summed E-state index contributed by atoms with van der Waals surface area (Å²) in [6, 6.07) is 16.2. The fourth-order valence-electron chi connectivity index (χ4n) is 2.28. The van der Waals surface area contributed by atoms with Crippen molar-refractivity contribution in [2.75, 3.05) is 5.43 Å². The third-order valence-corrected chi connectivity index (χ3v) is 3.62. The van der Waals surface area contributed by atoms with E-state index in [4.69, 9.17) is 4.74 Å². The van der Waals surface area contributed by atoms with Crippen molar-refractivity contribution in [3.05, 3.63) is 93.9 Å².